The van der Waals surface area contributed by atoms with E-state index in [2.05, 4.69) is 14.8 Å². The van der Waals surface area contributed by atoms with Crippen LogP contribution in [0, 0.1) is 6.92 Å². The Morgan fingerprint density at radius 1 is 1.42 bits per heavy atom. The van der Waals surface area contributed by atoms with Crippen molar-refractivity contribution >= 4 is 21.6 Å². The number of hydrogen-bond donors (Lipinski definition) is 1. The number of nitrogens with one attached hydrogen (secondary N) is 1. The summed E-state index contributed by atoms with van der Waals surface area (Å²) in [5.41, 5.74) is 1.62. The molecule has 2 rings (SSSR count). The van der Waals surface area contributed by atoms with E-state index in [1.54, 1.807) is 17.9 Å². The predicted molar refractivity (Wildman–Crippen MR) is 71.2 cm³/mol. The van der Waals surface area contributed by atoms with Crippen molar-refractivity contribution in [2.45, 2.75) is 18.4 Å². The lowest BCUT2D eigenvalue weighted by Crippen LogP contribution is -2.23. The molecule has 0 fully saturated rings. The average Bonchev–Trinajstić information content (AvgIpc) is 2.66. The van der Waals surface area contributed by atoms with E-state index in [9.17, 15) is 8.42 Å². The van der Waals surface area contributed by atoms with E-state index in [1.807, 2.05) is 6.92 Å². The molecule has 2 aromatic rings. The van der Waals surface area contributed by atoms with Gasteiger partial charge in [0.15, 0.2) is 0 Å². The van der Waals surface area contributed by atoms with Gasteiger partial charge in [0, 0.05) is 31.5 Å². The zero-order valence-electron chi connectivity index (χ0n) is 10.5. The number of sulfonamides is 1. The highest BCUT2D eigenvalue weighted by molar-refractivity contribution is 7.89. The second kappa shape index (κ2) is 5.28. The Kier molecular flexibility index (Phi) is 3.88. The quantitative estimate of drug-likeness (QED) is 0.862. The van der Waals surface area contributed by atoms with Crippen LogP contribution in [0.2, 0.25) is 5.15 Å². The molecule has 0 unspecified atom stereocenters. The number of aromatic nitrogens is 3. The van der Waals surface area contributed by atoms with Gasteiger partial charge in [0.05, 0.1) is 5.69 Å². The van der Waals surface area contributed by atoms with Crippen LogP contribution in [0.4, 0.5) is 0 Å². The number of pyridine rings is 1. The fourth-order valence-electron chi connectivity index (χ4n) is 1.60. The van der Waals surface area contributed by atoms with E-state index in [1.165, 1.54) is 18.3 Å². The van der Waals surface area contributed by atoms with Crippen LogP contribution < -0.4 is 4.72 Å². The van der Waals surface area contributed by atoms with Crippen molar-refractivity contribution in [1.82, 2.24) is 19.5 Å². The van der Waals surface area contributed by atoms with E-state index in [0.717, 1.165) is 11.3 Å². The average molecular weight is 301 g/mol. The summed E-state index contributed by atoms with van der Waals surface area (Å²) in [4.78, 5) is 3.83. The molecule has 0 aliphatic carbocycles. The van der Waals surface area contributed by atoms with Crippen LogP contribution in [0.1, 0.15) is 11.3 Å². The number of halogens is 1. The molecule has 0 bridgehead atoms. The summed E-state index contributed by atoms with van der Waals surface area (Å²) < 4.78 is 28.2. The smallest absolute Gasteiger partial charge is 0.242 e. The van der Waals surface area contributed by atoms with E-state index < -0.39 is 10.0 Å². The van der Waals surface area contributed by atoms with Gasteiger partial charge in [-0.05, 0) is 19.1 Å². The van der Waals surface area contributed by atoms with Crippen LogP contribution >= 0.6 is 11.6 Å². The molecule has 102 valence electrons. The van der Waals surface area contributed by atoms with Gasteiger partial charge in [0.2, 0.25) is 10.0 Å². The molecule has 19 heavy (non-hydrogen) atoms. The monoisotopic (exact) mass is 300 g/mol. The Morgan fingerprint density at radius 2 is 2.16 bits per heavy atom. The molecular weight excluding hydrogens is 288 g/mol. The Bertz CT molecular complexity index is 679. The Balaban J connectivity index is 2.14. The predicted octanol–water partition coefficient (Wildman–Crippen LogP) is 1.26. The maximum absolute atomic E-state index is 12.0. The van der Waals surface area contributed by atoms with Gasteiger partial charge in [-0.1, -0.05) is 11.6 Å². The van der Waals surface area contributed by atoms with Crippen molar-refractivity contribution in [3.05, 3.63) is 40.9 Å². The molecule has 8 heteroatoms. The van der Waals surface area contributed by atoms with Gasteiger partial charge in [-0.15, -0.1) is 0 Å². The highest BCUT2D eigenvalue weighted by Gasteiger charge is 2.15. The highest BCUT2D eigenvalue weighted by atomic mass is 35.5. The standard InChI is InChI=1S/C11H13ClN4O2S/c1-8-9(7-16(2)15-8)5-14-19(17,18)10-3-4-11(12)13-6-10/h3-4,6-7,14H,5H2,1-2H3. The third kappa shape index (κ3) is 3.31. The summed E-state index contributed by atoms with van der Waals surface area (Å²) >= 11 is 5.62. The van der Waals surface area contributed by atoms with E-state index in [0.29, 0.717) is 0 Å². The van der Waals surface area contributed by atoms with Crippen LogP contribution in [0.15, 0.2) is 29.4 Å². The molecule has 0 saturated carbocycles. The summed E-state index contributed by atoms with van der Waals surface area (Å²) in [6, 6.07) is 2.85. The molecule has 0 aliphatic heterocycles. The first-order valence-corrected chi connectivity index (χ1v) is 7.35. The van der Waals surface area contributed by atoms with Gasteiger partial charge in [-0.25, -0.2) is 18.1 Å². The van der Waals surface area contributed by atoms with Gasteiger partial charge >= 0.3 is 0 Å². The zero-order valence-corrected chi connectivity index (χ0v) is 12.0. The maximum atomic E-state index is 12.0. The first-order valence-electron chi connectivity index (χ1n) is 5.49. The lowest BCUT2D eigenvalue weighted by atomic mass is 10.3. The SMILES string of the molecule is Cc1nn(C)cc1CNS(=O)(=O)c1ccc(Cl)nc1. The Hall–Kier alpha value is -1.44. The highest BCUT2D eigenvalue weighted by Crippen LogP contribution is 2.12. The molecule has 2 aromatic heterocycles. The van der Waals surface area contributed by atoms with Crippen molar-refractivity contribution < 1.29 is 8.42 Å². The first-order chi connectivity index (χ1) is 8.88. The second-order valence-corrected chi connectivity index (χ2v) is 6.21. The molecule has 0 aromatic carbocycles. The van der Waals surface area contributed by atoms with E-state index in [4.69, 9.17) is 11.6 Å². The van der Waals surface area contributed by atoms with Crippen LogP contribution in [-0.4, -0.2) is 23.2 Å². The molecule has 2 heterocycles. The molecule has 1 N–H and O–H groups in total. The van der Waals surface area contributed by atoms with Crippen LogP contribution in [0.5, 0.6) is 0 Å². The number of nitrogens with zero attached hydrogens (tertiary/aromatic N) is 3. The van der Waals surface area contributed by atoms with Crippen molar-refractivity contribution in [3.8, 4) is 0 Å². The number of aryl methyl sites for hydroxylation is 2. The van der Waals surface area contributed by atoms with Crippen LogP contribution in [0.3, 0.4) is 0 Å². The second-order valence-electron chi connectivity index (χ2n) is 4.05. The van der Waals surface area contributed by atoms with Crippen molar-refractivity contribution in [2.75, 3.05) is 0 Å². The van der Waals surface area contributed by atoms with E-state index in [-0.39, 0.29) is 16.6 Å². The van der Waals surface area contributed by atoms with Crippen LogP contribution in [0.25, 0.3) is 0 Å². The summed E-state index contributed by atoms with van der Waals surface area (Å²) in [7, 11) is -1.81. The molecule has 0 aliphatic rings. The largest absolute Gasteiger partial charge is 0.275 e. The van der Waals surface area contributed by atoms with Gasteiger partial charge < -0.3 is 0 Å². The summed E-state index contributed by atoms with van der Waals surface area (Å²) in [6.07, 6.45) is 3.00. The molecule has 0 atom stereocenters. The van der Waals surface area contributed by atoms with Crippen molar-refractivity contribution in [1.29, 1.82) is 0 Å². The summed E-state index contributed by atoms with van der Waals surface area (Å²) in [5.74, 6) is 0. The third-order valence-electron chi connectivity index (χ3n) is 2.58. The third-order valence-corrected chi connectivity index (χ3v) is 4.19. The topological polar surface area (TPSA) is 76.9 Å². The molecule has 0 spiro atoms. The number of rotatable bonds is 4. The van der Waals surface area contributed by atoms with Gasteiger partial charge in [-0.3, -0.25) is 4.68 Å². The zero-order chi connectivity index (χ0) is 14.0. The molecule has 6 nitrogen and oxygen atoms in total. The molecule has 0 amide bonds. The number of hydrogen-bond acceptors (Lipinski definition) is 4. The first kappa shape index (κ1) is 14.0. The lowest BCUT2D eigenvalue weighted by molar-refractivity contribution is 0.580. The fraction of sp³-hybridized carbons (Fsp3) is 0.273. The fourth-order valence-corrected chi connectivity index (χ4v) is 2.66. The minimum absolute atomic E-state index is 0.0819. The van der Waals surface area contributed by atoms with Crippen molar-refractivity contribution in [2.24, 2.45) is 7.05 Å². The van der Waals surface area contributed by atoms with Gasteiger partial charge in [-0.2, -0.15) is 5.10 Å². The summed E-state index contributed by atoms with van der Waals surface area (Å²) in [6.45, 7) is 2.01. The Morgan fingerprint density at radius 3 is 2.68 bits per heavy atom. The van der Waals surface area contributed by atoms with E-state index >= 15 is 0 Å². The lowest BCUT2D eigenvalue weighted by Gasteiger charge is -2.05. The molecular formula is C11H13ClN4O2S. The van der Waals surface area contributed by atoms with Gasteiger partial charge in [0.25, 0.3) is 0 Å². The molecule has 0 radical (unpaired) electrons. The minimum Gasteiger partial charge on any atom is -0.275 e. The Labute approximate surface area is 116 Å². The van der Waals surface area contributed by atoms with Crippen molar-refractivity contribution in [3.63, 3.8) is 0 Å². The minimum atomic E-state index is -3.59. The van der Waals surface area contributed by atoms with Gasteiger partial charge in [0.1, 0.15) is 10.0 Å². The van der Waals surface area contributed by atoms with Crippen LogP contribution in [-0.2, 0) is 23.6 Å². The normalized spacial score (nSPS) is 11.7. The maximum Gasteiger partial charge on any atom is 0.242 e. The summed E-state index contributed by atoms with van der Waals surface area (Å²) in [5, 5.41) is 4.40. The molecule has 0 saturated heterocycles.